The van der Waals surface area contributed by atoms with E-state index < -0.39 is 0 Å². The molecule has 4 N–H and O–H groups in total. The zero-order valence-corrected chi connectivity index (χ0v) is 11.0. The lowest BCUT2D eigenvalue weighted by molar-refractivity contribution is -0.116. The van der Waals surface area contributed by atoms with Crippen molar-refractivity contribution in [2.45, 2.75) is 19.4 Å². The van der Waals surface area contributed by atoms with Crippen LogP contribution in [0.2, 0.25) is 0 Å². The van der Waals surface area contributed by atoms with E-state index >= 15 is 0 Å². The molecule has 0 fully saturated rings. The minimum atomic E-state index is 0.0577. The van der Waals surface area contributed by atoms with Gasteiger partial charge in [-0.05, 0) is 41.8 Å². The number of hydrogen-bond acceptors (Lipinski definition) is 4. The van der Waals surface area contributed by atoms with Crippen molar-refractivity contribution in [2.75, 3.05) is 16.4 Å². The average molecular weight is 268 g/mol. The lowest BCUT2D eigenvalue weighted by Gasteiger charge is -2.19. The van der Waals surface area contributed by atoms with E-state index in [0.717, 1.165) is 28.9 Å². The second-order valence-electron chi connectivity index (χ2n) is 4.85. The summed E-state index contributed by atoms with van der Waals surface area (Å²) in [5.41, 5.74) is 10.7. The maximum Gasteiger partial charge on any atom is 0.224 e. The van der Waals surface area contributed by atoms with Crippen LogP contribution in [0.15, 0.2) is 36.7 Å². The van der Waals surface area contributed by atoms with Crippen molar-refractivity contribution in [3.05, 3.63) is 47.8 Å². The summed E-state index contributed by atoms with van der Waals surface area (Å²) in [6, 6.07) is 7.74. The molecular weight excluding hydrogens is 252 g/mol. The summed E-state index contributed by atoms with van der Waals surface area (Å²) in [6.45, 7) is 0.666. The molecule has 0 aliphatic carbocycles. The quantitative estimate of drug-likeness (QED) is 0.745. The van der Waals surface area contributed by atoms with Crippen LogP contribution in [0, 0.1) is 0 Å². The summed E-state index contributed by atoms with van der Waals surface area (Å²) < 4.78 is 0. The standard InChI is InChI=1S/C15H16N4O/c16-12-7-11-1-2-15(20)19-13(11)8-14(12)18-9-10-3-5-17-6-4-10/h3-8,18H,1-2,9,16H2,(H,19,20). The molecule has 1 aliphatic rings. The molecule has 2 heterocycles. The van der Waals surface area contributed by atoms with Gasteiger partial charge in [0.2, 0.25) is 5.91 Å². The Labute approximate surface area is 117 Å². The largest absolute Gasteiger partial charge is 0.397 e. The Morgan fingerprint density at radius 3 is 2.85 bits per heavy atom. The smallest absolute Gasteiger partial charge is 0.224 e. The summed E-state index contributed by atoms with van der Waals surface area (Å²) in [5.74, 6) is 0.0577. The summed E-state index contributed by atoms with van der Waals surface area (Å²) in [7, 11) is 0. The first-order chi connectivity index (χ1) is 9.72. The van der Waals surface area contributed by atoms with E-state index in [9.17, 15) is 4.79 Å². The number of anilines is 3. The third-order valence-electron chi connectivity index (χ3n) is 3.40. The molecule has 5 nitrogen and oxygen atoms in total. The molecule has 0 spiro atoms. The second-order valence-corrected chi connectivity index (χ2v) is 4.85. The maximum absolute atomic E-state index is 11.4. The monoisotopic (exact) mass is 268 g/mol. The van der Waals surface area contributed by atoms with Gasteiger partial charge in [-0.3, -0.25) is 9.78 Å². The molecule has 1 aliphatic heterocycles. The van der Waals surface area contributed by atoms with Gasteiger partial charge in [0.25, 0.3) is 0 Å². The van der Waals surface area contributed by atoms with E-state index in [4.69, 9.17) is 5.73 Å². The van der Waals surface area contributed by atoms with Crippen LogP contribution in [0.25, 0.3) is 0 Å². The zero-order chi connectivity index (χ0) is 13.9. The topological polar surface area (TPSA) is 80.0 Å². The molecule has 0 radical (unpaired) electrons. The van der Waals surface area contributed by atoms with Crippen LogP contribution in [0.5, 0.6) is 0 Å². The van der Waals surface area contributed by atoms with E-state index in [-0.39, 0.29) is 5.91 Å². The van der Waals surface area contributed by atoms with E-state index in [2.05, 4.69) is 15.6 Å². The molecular formula is C15H16N4O. The third-order valence-corrected chi connectivity index (χ3v) is 3.40. The number of aromatic nitrogens is 1. The van der Waals surface area contributed by atoms with Crippen LogP contribution in [-0.4, -0.2) is 10.9 Å². The number of nitrogens with one attached hydrogen (secondary N) is 2. The molecule has 1 amide bonds. The highest BCUT2D eigenvalue weighted by Gasteiger charge is 2.16. The van der Waals surface area contributed by atoms with E-state index in [1.165, 1.54) is 0 Å². The number of amides is 1. The molecule has 1 aromatic carbocycles. The number of nitrogen functional groups attached to an aromatic ring is 1. The number of aryl methyl sites for hydroxylation is 1. The number of rotatable bonds is 3. The Hall–Kier alpha value is -2.56. The number of hydrogen-bond donors (Lipinski definition) is 3. The summed E-state index contributed by atoms with van der Waals surface area (Å²) in [6.07, 6.45) is 4.78. The number of carbonyl (C=O) groups excluding carboxylic acids is 1. The van der Waals surface area contributed by atoms with Crippen LogP contribution >= 0.6 is 0 Å². The SMILES string of the molecule is Nc1cc2c(cc1NCc1ccncc1)NC(=O)CC2. The van der Waals surface area contributed by atoms with Crippen molar-refractivity contribution in [1.29, 1.82) is 0 Å². The van der Waals surface area contributed by atoms with Gasteiger partial charge in [0.05, 0.1) is 11.4 Å². The van der Waals surface area contributed by atoms with E-state index in [1.807, 2.05) is 24.3 Å². The third kappa shape index (κ3) is 2.56. The number of nitrogens with two attached hydrogens (primary N) is 1. The first kappa shape index (κ1) is 12.5. The Morgan fingerprint density at radius 2 is 2.05 bits per heavy atom. The van der Waals surface area contributed by atoms with Crippen LogP contribution in [0.3, 0.4) is 0 Å². The van der Waals surface area contributed by atoms with Crippen molar-refractivity contribution in [2.24, 2.45) is 0 Å². The van der Waals surface area contributed by atoms with Crippen LogP contribution < -0.4 is 16.4 Å². The van der Waals surface area contributed by atoms with Crippen LogP contribution in [0.4, 0.5) is 17.1 Å². The van der Waals surface area contributed by atoms with Gasteiger partial charge in [-0.15, -0.1) is 0 Å². The normalized spacial score (nSPS) is 13.5. The van der Waals surface area contributed by atoms with Gasteiger partial charge in [0.15, 0.2) is 0 Å². The molecule has 0 unspecified atom stereocenters. The first-order valence-corrected chi connectivity index (χ1v) is 6.57. The van der Waals surface area contributed by atoms with Crippen LogP contribution in [0.1, 0.15) is 17.5 Å². The van der Waals surface area contributed by atoms with Gasteiger partial charge >= 0.3 is 0 Å². The molecule has 0 saturated heterocycles. The van der Waals surface area contributed by atoms with Crippen molar-refractivity contribution in [3.8, 4) is 0 Å². The molecule has 0 bridgehead atoms. The fourth-order valence-electron chi connectivity index (χ4n) is 2.30. The first-order valence-electron chi connectivity index (χ1n) is 6.57. The van der Waals surface area contributed by atoms with Crippen molar-refractivity contribution in [3.63, 3.8) is 0 Å². The number of pyridine rings is 1. The highest BCUT2D eigenvalue weighted by atomic mass is 16.1. The van der Waals surface area contributed by atoms with E-state index in [1.54, 1.807) is 12.4 Å². The molecule has 5 heteroatoms. The van der Waals surface area contributed by atoms with E-state index in [0.29, 0.717) is 18.7 Å². The fourth-order valence-corrected chi connectivity index (χ4v) is 2.30. The Bertz CT molecular complexity index is 640. The summed E-state index contributed by atoms with van der Waals surface area (Å²) in [4.78, 5) is 15.4. The van der Waals surface area contributed by atoms with Gasteiger partial charge in [-0.2, -0.15) is 0 Å². The molecule has 1 aromatic heterocycles. The van der Waals surface area contributed by atoms with Crippen molar-refractivity contribution in [1.82, 2.24) is 4.98 Å². The molecule has 0 atom stereocenters. The van der Waals surface area contributed by atoms with Gasteiger partial charge in [-0.25, -0.2) is 0 Å². The predicted octanol–water partition coefficient (Wildman–Crippen LogP) is 2.16. The average Bonchev–Trinajstić information content (AvgIpc) is 2.46. The number of fused-ring (bicyclic) bond motifs is 1. The summed E-state index contributed by atoms with van der Waals surface area (Å²) >= 11 is 0. The molecule has 0 saturated carbocycles. The Morgan fingerprint density at radius 1 is 1.25 bits per heavy atom. The minimum Gasteiger partial charge on any atom is -0.397 e. The maximum atomic E-state index is 11.4. The summed E-state index contributed by atoms with van der Waals surface area (Å²) in [5, 5.41) is 6.17. The Balaban J connectivity index is 1.80. The van der Waals surface area contributed by atoms with Crippen LogP contribution in [-0.2, 0) is 17.8 Å². The van der Waals surface area contributed by atoms with Crippen molar-refractivity contribution < 1.29 is 4.79 Å². The lowest BCUT2D eigenvalue weighted by atomic mass is 10.0. The van der Waals surface area contributed by atoms with Gasteiger partial charge in [0.1, 0.15) is 0 Å². The molecule has 102 valence electrons. The zero-order valence-electron chi connectivity index (χ0n) is 11.0. The number of nitrogens with zero attached hydrogens (tertiary/aromatic N) is 1. The second kappa shape index (κ2) is 5.21. The molecule has 2 aromatic rings. The predicted molar refractivity (Wildman–Crippen MR) is 79.4 cm³/mol. The molecule has 20 heavy (non-hydrogen) atoms. The Kier molecular flexibility index (Phi) is 3.25. The minimum absolute atomic E-state index is 0.0577. The number of benzene rings is 1. The number of carbonyl (C=O) groups is 1. The molecule has 3 rings (SSSR count). The van der Waals surface area contributed by atoms with Crippen molar-refractivity contribution >= 4 is 23.0 Å². The lowest BCUT2D eigenvalue weighted by Crippen LogP contribution is -2.19. The van der Waals surface area contributed by atoms with Gasteiger partial charge in [-0.1, -0.05) is 0 Å². The fraction of sp³-hybridized carbons (Fsp3) is 0.200. The highest BCUT2D eigenvalue weighted by molar-refractivity contribution is 5.95. The van der Waals surface area contributed by atoms with Gasteiger partial charge in [0, 0.05) is 31.0 Å². The highest BCUT2D eigenvalue weighted by Crippen LogP contribution is 2.31. The van der Waals surface area contributed by atoms with Gasteiger partial charge < -0.3 is 16.4 Å².